The number of piperazine rings is 1. The van der Waals surface area contributed by atoms with Gasteiger partial charge in [0.15, 0.2) is 0 Å². The van der Waals surface area contributed by atoms with Crippen molar-refractivity contribution >= 4 is 5.69 Å². The monoisotopic (exact) mass is 273 g/mol. The van der Waals surface area contributed by atoms with Crippen LogP contribution in [0.5, 0.6) is 0 Å². The lowest BCUT2D eigenvalue weighted by molar-refractivity contribution is 0.139. The first-order chi connectivity index (χ1) is 9.57. The van der Waals surface area contributed by atoms with E-state index in [1.807, 2.05) is 0 Å². The summed E-state index contributed by atoms with van der Waals surface area (Å²) in [5.41, 5.74) is 10.7. The van der Waals surface area contributed by atoms with Crippen molar-refractivity contribution in [3.8, 4) is 0 Å². The van der Waals surface area contributed by atoms with Gasteiger partial charge in [0.1, 0.15) is 0 Å². The van der Waals surface area contributed by atoms with Crippen LogP contribution in [0.2, 0.25) is 0 Å². The van der Waals surface area contributed by atoms with Gasteiger partial charge in [-0.2, -0.15) is 0 Å². The van der Waals surface area contributed by atoms with E-state index in [9.17, 15) is 0 Å². The number of rotatable bonds is 3. The van der Waals surface area contributed by atoms with Gasteiger partial charge in [-0.1, -0.05) is 12.1 Å². The molecule has 1 aromatic rings. The van der Waals surface area contributed by atoms with Crippen LogP contribution in [0.1, 0.15) is 30.4 Å². The molecule has 1 aromatic carbocycles. The molecule has 0 radical (unpaired) electrons. The quantitative estimate of drug-likeness (QED) is 0.917. The third kappa shape index (κ3) is 2.70. The molecule has 0 atom stereocenters. The Morgan fingerprint density at radius 3 is 2.40 bits per heavy atom. The van der Waals surface area contributed by atoms with Crippen molar-refractivity contribution < 1.29 is 0 Å². The summed E-state index contributed by atoms with van der Waals surface area (Å²) in [6.45, 7) is 10.1. The highest BCUT2D eigenvalue weighted by molar-refractivity contribution is 5.56. The van der Waals surface area contributed by atoms with Gasteiger partial charge in [0.2, 0.25) is 0 Å². The Labute approximate surface area is 122 Å². The number of hydrogen-bond donors (Lipinski definition) is 1. The van der Waals surface area contributed by atoms with E-state index < -0.39 is 0 Å². The van der Waals surface area contributed by atoms with Gasteiger partial charge in [-0.3, -0.25) is 4.90 Å². The fourth-order valence-corrected chi connectivity index (χ4v) is 3.46. The van der Waals surface area contributed by atoms with Crippen LogP contribution in [0.15, 0.2) is 18.2 Å². The number of hydrogen-bond acceptors (Lipinski definition) is 3. The predicted octanol–water partition coefficient (Wildman–Crippen LogP) is 2.31. The maximum Gasteiger partial charge on any atom is 0.0399 e. The van der Waals surface area contributed by atoms with Crippen LogP contribution in [-0.2, 0) is 0 Å². The summed E-state index contributed by atoms with van der Waals surface area (Å²) >= 11 is 0. The standard InChI is InChI=1S/C17H27N3/c1-14-5-3-6-16(15(14)2)20-11-9-19(10-12-20)13-17(18)7-4-8-17/h3,5-6H,4,7-13,18H2,1-2H3. The Morgan fingerprint density at radius 2 is 1.80 bits per heavy atom. The van der Waals surface area contributed by atoms with E-state index in [4.69, 9.17) is 5.73 Å². The van der Waals surface area contributed by atoms with E-state index in [0.717, 1.165) is 32.7 Å². The average Bonchev–Trinajstić information content (AvgIpc) is 2.41. The highest BCUT2D eigenvalue weighted by atomic mass is 15.3. The summed E-state index contributed by atoms with van der Waals surface area (Å²) in [5, 5.41) is 0. The van der Waals surface area contributed by atoms with Gasteiger partial charge < -0.3 is 10.6 Å². The van der Waals surface area contributed by atoms with Gasteiger partial charge in [0.25, 0.3) is 0 Å². The van der Waals surface area contributed by atoms with Crippen molar-refractivity contribution in [2.45, 2.75) is 38.6 Å². The SMILES string of the molecule is Cc1cccc(N2CCN(CC3(N)CCC3)CC2)c1C. The fraction of sp³-hybridized carbons (Fsp3) is 0.647. The maximum atomic E-state index is 6.37. The molecule has 2 N–H and O–H groups in total. The second-order valence-electron chi connectivity index (χ2n) is 6.70. The second-order valence-corrected chi connectivity index (χ2v) is 6.70. The molecular formula is C17H27N3. The van der Waals surface area contributed by atoms with Gasteiger partial charge in [-0.25, -0.2) is 0 Å². The van der Waals surface area contributed by atoms with Gasteiger partial charge in [-0.05, 0) is 50.3 Å². The molecule has 1 saturated heterocycles. The fourth-order valence-electron chi connectivity index (χ4n) is 3.46. The van der Waals surface area contributed by atoms with Gasteiger partial charge >= 0.3 is 0 Å². The van der Waals surface area contributed by atoms with Crippen LogP contribution in [0, 0.1) is 13.8 Å². The van der Waals surface area contributed by atoms with Crippen LogP contribution in [0.3, 0.4) is 0 Å². The summed E-state index contributed by atoms with van der Waals surface area (Å²) in [6.07, 6.45) is 3.74. The summed E-state index contributed by atoms with van der Waals surface area (Å²) in [5.74, 6) is 0. The lowest BCUT2D eigenvalue weighted by Crippen LogP contribution is -2.58. The van der Waals surface area contributed by atoms with Gasteiger partial charge in [0.05, 0.1) is 0 Å². The summed E-state index contributed by atoms with van der Waals surface area (Å²) in [4.78, 5) is 5.09. The Bertz CT molecular complexity index is 471. The van der Waals surface area contributed by atoms with Crippen molar-refractivity contribution in [1.29, 1.82) is 0 Å². The minimum absolute atomic E-state index is 0.126. The largest absolute Gasteiger partial charge is 0.369 e. The summed E-state index contributed by atoms with van der Waals surface area (Å²) < 4.78 is 0. The van der Waals surface area contributed by atoms with Crippen molar-refractivity contribution in [1.82, 2.24) is 4.90 Å². The topological polar surface area (TPSA) is 32.5 Å². The smallest absolute Gasteiger partial charge is 0.0399 e. The normalized spacial score (nSPS) is 22.6. The molecule has 1 aliphatic heterocycles. The zero-order valence-electron chi connectivity index (χ0n) is 12.9. The van der Waals surface area contributed by atoms with E-state index in [1.165, 1.54) is 36.1 Å². The molecule has 20 heavy (non-hydrogen) atoms. The predicted molar refractivity (Wildman–Crippen MR) is 85.3 cm³/mol. The molecule has 1 heterocycles. The van der Waals surface area contributed by atoms with Crippen molar-refractivity contribution in [3.63, 3.8) is 0 Å². The molecule has 0 spiro atoms. The third-order valence-corrected chi connectivity index (χ3v) is 5.18. The molecule has 0 amide bonds. The molecule has 3 nitrogen and oxygen atoms in total. The first kappa shape index (κ1) is 13.9. The first-order valence-electron chi connectivity index (χ1n) is 7.90. The zero-order chi connectivity index (χ0) is 14.2. The Morgan fingerprint density at radius 1 is 1.10 bits per heavy atom. The Kier molecular flexibility index (Phi) is 3.74. The molecular weight excluding hydrogens is 246 g/mol. The van der Waals surface area contributed by atoms with E-state index in [-0.39, 0.29) is 5.54 Å². The molecule has 1 saturated carbocycles. The number of nitrogens with two attached hydrogens (primary N) is 1. The van der Waals surface area contributed by atoms with Gasteiger partial charge in [0, 0.05) is 44.0 Å². The third-order valence-electron chi connectivity index (χ3n) is 5.18. The first-order valence-corrected chi connectivity index (χ1v) is 7.90. The number of benzene rings is 1. The Balaban J connectivity index is 1.59. The van der Waals surface area contributed by atoms with Crippen LogP contribution in [-0.4, -0.2) is 43.2 Å². The summed E-state index contributed by atoms with van der Waals surface area (Å²) in [6, 6.07) is 6.63. The molecule has 2 fully saturated rings. The molecule has 3 heteroatoms. The van der Waals surface area contributed by atoms with E-state index in [1.54, 1.807) is 0 Å². The van der Waals surface area contributed by atoms with E-state index in [0.29, 0.717) is 0 Å². The summed E-state index contributed by atoms with van der Waals surface area (Å²) in [7, 11) is 0. The number of aryl methyl sites for hydroxylation is 1. The van der Waals surface area contributed by atoms with Crippen LogP contribution in [0.25, 0.3) is 0 Å². The molecule has 2 aliphatic rings. The molecule has 1 aliphatic carbocycles. The highest BCUT2D eigenvalue weighted by Crippen LogP contribution is 2.30. The molecule has 0 aromatic heterocycles. The number of anilines is 1. The lowest BCUT2D eigenvalue weighted by Gasteiger charge is -2.45. The maximum absolute atomic E-state index is 6.37. The van der Waals surface area contributed by atoms with Crippen molar-refractivity contribution in [2.24, 2.45) is 5.73 Å². The van der Waals surface area contributed by atoms with E-state index >= 15 is 0 Å². The minimum Gasteiger partial charge on any atom is -0.369 e. The number of nitrogens with zero attached hydrogens (tertiary/aromatic N) is 2. The van der Waals surface area contributed by atoms with Crippen molar-refractivity contribution in [3.05, 3.63) is 29.3 Å². The van der Waals surface area contributed by atoms with Gasteiger partial charge in [-0.15, -0.1) is 0 Å². The van der Waals surface area contributed by atoms with Crippen LogP contribution in [0.4, 0.5) is 5.69 Å². The molecule has 110 valence electrons. The highest BCUT2D eigenvalue weighted by Gasteiger charge is 2.35. The Hall–Kier alpha value is -1.06. The molecule has 3 rings (SSSR count). The van der Waals surface area contributed by atoms with E-state index in [2.05, 4.69) is 41.8 Å². The van der Waals surface area contributed by atoms with Crippen molar-refractivity contribution in [2.75, 3.05) is 37.6 Å². The lowest BCUT2D eigenvalue weighted by atomic mass is 9.77. The minimum atomic E-state index is 0.126. The van der Waals surface area contributed by atoms with Crippen LogP contribution < -0.4 is 10.6 Å². The van der Waals surface area contributed by atoms with Crippen LogP contribution >= 0.6 is 0 Å². The molecule has 0 unspecified atom stereocenters. The molecule has 0 bridgehead atoms. The second kappa shape index (κ2) is 5.38. The zero-order valence-corrected chi connectivity index (χ0v) is 12.9. The average molecular weight is 273 g/mol.